The highest BCUT2D eigenvalue weighted by atomic mass is 14.9. The second-order valence-corrected chi connectivity index (χ2v) is 5.22. The van der Waals surface area contributed by atoms with Crippen LogP contribution in [0.1, 0.15) is 51.4 Å². The van der Waals surface area contributed by atoms with Crippen LogP contribution in [0.15, 0.2) is 0 Å². The van der Waals surface area contributed by atoms with Gasteiger partial charge in [0.15, 0.2) is 0 Å². The molecule has 0 aromatic heterocycles. The maximum atomic E-state index is 5.43. The van der Waals surface area contributed by atoms with E-state index in [2.05, 4.69) is 16.0 Å². The van der Waals surface area contributed by atoms with Crippen LogP contribution >= 0.6 is 0 Å². The van der Waals surface area contributed by atoms with Gasteiger partial charge in [-0.05, 0) is 72.0 Å². The summed E-state index contributed by atoms with van der Waals surface area (Å²) in [7, 11) is 2.01. The highest BCUT2D eigenvalue weighted by Gasteiger charge is 1.92. The van der Waals surface area contributed by atoms with Crippen LogP contribution in [-0.2, 0) is 0 Å². The minimum absolute atomic E-state index is 0.802. The molecule has 0 aliphatic rings. The zero-order valence-corrected chi connectivity index (χ0v) is 13.0. The number of unbranched alkanes of at least 4 members (excludes halogenated alkanes) is 5. The SMILES string of the molecule is CNCCCNCCCCCCCCNCCCN. The molecule has 4 nitrogen and oxygen atoms in total. The van der Waals surface area contributed by atoms with Crippen molar-refractivity contribution >= 4 is 0 Å². The van der Waals surface area contributed by atoms with Crippen molar-refractivity contribution < 1.29 is 0 Å². The van der Waals surface area contributed by atoms with Gasteiger partial charge in [-0.2, -0.15) is 0 Å². The third kappa shape index (κ3) is 17.8. The minimum Gasteiger partial charge on any atom is -0.330 e. The first kappa shape index (κ1) is 18.8. The Bertz CT molecular complexity index is 137. The predicted molar refractivity (Wildman–Crippen MR) is 85.7 cm³/mol. The van der Waals surface area contributed by atoms with Gasteiger partial charge in [-0.15, -0.1) is 0 Å². The summed E-state index contributed by atoms with van der Waals surface area (Å²) in [5, 5.41) is 10.1. The first-order valence-corrected chi connectivity index (χ1v) is 8.18. The standard InChI is InChI=1S/C15H36N4/c1-17-11-9-15-19-13-7-5-3-2-4-6-12-18-14-8-10-16/h17-19H,2-16H2,1H3. The van der Waals surface area contributed by atoms with Crippen molar-refractivity contribution in [2.45, 2.75) is 51.4 Å². The van der Waals surface area contributed by atoms with E-state index in [0.717, 1.165) is 39.1 Å². The highest BCUT2D eigenvalue weighted by molar-refractivity contribution is 4.53. The van der Waals surface area contributed by atoms with Gasteiger partial charge < -0.3 is 21.7 Å². The molecule has 0 fully saturated rings. The summed E-state index contributed by atoms with van der Waals surface area (Å²) in [6, 6.07) is 0. The Balaban J connectivity index is 2.88. The van der Waals surface area contributed by atoms with Gasteiger partial charge in [0.2, 0.25) is 0 Å². The van der Waals surface area contributed by atoms with E-state index < -0.39 is 0 Å². The fraction of sp³-hybridized carbons (Fsp3) is 1.00. The minimum atomic E-state index is 0.802. The molecule has 0 radical (unpaired) electrons. The van der Waals surface area contributed by atoms with Crippen molar-refractivity contribution in [3.63, 3.8) is 0 Å². The molecule has 0 spiro atoms. The number of hydrogen-bond acceptors (Lipinski definition) is 4. The summed E-state index contributed by atoms with van der Waals surface area (Å²) in [5.74, 6) is 0. The molecular formula is C15H36N4. The lowest BCUT2D eigenvalue weighted by atomic mass is 10.1. The number of nitrogens with two attached hydrogens (primary N) is 1. The van der Waals surface area contributed by atoms with Crippen molar-refractivity contribution in [2.75, 3.05) is 46.3 Å². The van der Waals surface area contributed by atoms with Crippen LogP contribution in [0, 0.1) is 0 Å². The molecule has 0 bridgehead atoms. The van der Waals surface area contributed by atoms with Gasteiger partial charge >= 0.3 is 0 Å². The smallest absolute Gasteiger partial charge is 0.00368 e. The van der Waals surface area contributed by atoms with Crippen molar-refractivity contribution in [1.82, 2.24) is 16.0 Å². The van der Waals surface area contributed by atoms with Crippen LogP contribution in [0.5, 0.6) is 0 Å². The second-order valence-electron chi connectivity index (χ2n) is 5.22. The van der Waals surface area contributed by atoms with E-state index in [0.29, 0.717) is 0 Å². The van der Waals surface area contributed by atoms with Crippen molar-refractivity contribution in [3.8, 4) is 0 Å². The third-order valence-electron chi connectivity index (χ3n) is 3.30. The average Bonchev–Trinajstić information content (AvgIpc) is 2.43. The normalized spacial score (nSPS) is 11.1. The second kappa shape index (κ2) is 17.8. The quantitative estimate of drug-likeness (QED) is 0.321. The van der Waals surface area contributed by atoms with Crippen LogP contribution in [-0.4, -0.2) is 46.3 Å². The van der Waals surface area contributed by atoms with Crippen LogP contribution in [0.25, 0.3) is 0 Å². The van der Waals surface area contributed by atoms with Crippen LogP contribution in [0.2, 0.25) is 0 Å². The van der Waals surface area contributed by atoms with Gasteiger partial charge in [-0.1, -0.05) is 25.7 Å². The largest absolute Gasteiger partial charge is 0.330 e. The number of hydrogen-bond donors (Lipinski definition) is 4. The topological polar surface area (TPSA) is 62.1 Å². The molecule has 0 rings (SSSR count). The molecule has 5 N–H and O–H groups in total. The van der Waals surface area contributed by atoms with Crippen LogP contribution in [0.3, 0.4) is 0 Å². The van der Waals surface area contributed by atoms with E-state index in [4.69, 9.17) is 5.73 Å². The molecule has 0 atom stereocenters. The summed E-state index contributed by atoms with van der Waals surface area (Å²) < 4.78 is 0. The molecule has 4 heteroatoms. The Hall–Kier alpha value is -0.160. The lowest BCUT2D eigenvalue weighted by Gasteiger charge is -2.05. The van der Waals surface area contributed by atoms with Gasteiger partial charge in [0, 0.05) is 0 Å². The summed E-state index contributed by atoms with van der Waals surface area (Å²) in [6.07, 6.45) is 10.5. The molecule has 0 aliphatic carbocycles. The number of rotatable bonds is 16. The van der Waals surface area contributed by atoms with E-state index in [1.54, 1.807) is 0 Å². The summed E-state index contributed by atoms with van der Waals surface area (Å²) in [6.45, 7) is 6.49. The van der Waals surface area contributed by atoms with Crippen LogP contribution < -0.4 is 21.7 Å². The molecular weight excluding hydrogens is 236 g/mol. The fourth-order valence-electron chi connectivity index (χ4n) is 2.07. The Morgan fingerprint density at radius 1 is 0.579 bits per heavy atom. The molecule has 0 unspecified atom stereocenters. The molecule has 116 valence electrons. The molecule has 0 amide bonds. The van der Waals surface area contributed by atoms with E-state index in [1.165, 1.54) is 51.5 Å². The van der Waals surface area contributed by atoms with Crippen molar-refractivity contribution in [2.24, 2.45) is 5.73 Å². The predicted octanol–water partition coefficient (Wildman–Crippen LogP) is 1.46. The van der Waals surface area contributed by atoms with Crippen molar-refractivity contribution in [1.29, 1.82) is 0 Å². The first-order valence-electron chi connectivity index (χ1n) is 8.18. The Morgan fingerprint density at radius 3 is 1.58 bits per heavy atom. The molecule has 0 heterocycles. The molecule has 0 aliphatic heterocycles. The highest BCUT2D eigenvalue weighted by Crippen LogP contribution is 2.04. The Labute approximate surface area is 120 Å². The van der Waals surface area contributed by atoms with Crippen LogP contribution in [0.4, 0.5) is 0 Å². The van der Waals surface area contributed by atoms with E-state index in [1.807, 2.05) is 7.05 Å². The maximum Gasteiger partial charge on any atom is -0.00368 e. The summed E-state index contributed by atoms with van der Waals surface area (Å²) >= 11 is 0. The number of nitrogens with one attached hydrogen (secondary N) is 3. The van der Waals surface area contributed by atoms with Gasteiger partial charge in [-0.25, -0.2) is 0 Å². The van der Waals surface area contributed by atoms with Gasteiger partial charge in [0.05, 0.1) is 0 Å². The summed E-state index contributed by atoms with van der Waals surface area (Å²) in [5.41, 5.74) is 5.43. The lowest BCUT2D eigenvalue weighted by molar-refractivity contribution is 0.542. The third-order valence-corrected chi connectivity index (χ3v) is 3.30. The zero-order valence-electron chi connectivity index (χ0n) is 13.0. The Morgan fingerprint density at radius 2 is 1.05 bits per heavy atom. The zero-order chi connectivity index (χ0) is 14.0. The maximum absolute atomic E-state index is 5.43. The monoisotopic (exact) mass is 272 g/mol. The van der Waals surface area contributed by atoms with Crippen molar-refractivity contribution in [3.05, 3.63) is 0 Å². The van der Waals surface area contributed by atoms with Gasteiger partial charge in [0.1, 0.15) is 0 Å². The van der Waals surface area contributed by atoms with Gasteiger partial charge in [0.25, 0.3) is 0 Å². The fourth-order valence-corrected chi connectivity index (χ4v) is 2.07. The molecule has 0 saturated carbocycles. The first-order chi connectivity index (χ1) is 9.41. The lowest BCUT2D eigenvalue weighted by Crippen LogP contribution is -2.20. The van der Waals surface area contributed by atoms with E-state index >= 15 is 0 Å². The molecule has 19 heavy (non-hydrogen) atoms. The average molecular weight is 272 g/mol. The van der Waals surface area contributed by atoms with Gasteiger partial charge in [-0.3, -0.25) is 0 Å². The molecule has 0 aromatic carbocycles. The summed E-state index contributed by atoms with van der Waals surface area (Å²) in [4.78, 5) is 0. The molecule has 0 aromatic rings. The van der Waals surface area contributed by atoms with E-state index in [9.17, 15) is 0 Å². The Kier molecular flexibility index (Phi) is 17.7. The van der Waals surface area contributed by atoms with E-state index in [-0.39, 0.29) is 0 Å². The molecule has 0 saturated heterocycles.